The van der Waals surface area contributed by atoms with E-state index in [-0.39, 0.29) is 17.4 Å². The van der Waals surface area contributed by atoms with Gasteiger partial charge in [-0.25, -0.2) is 8.78 Å². The molecule has 2 aromatic carbocycles. The highest BCUT2D eigenvalue weighted by Gasteiger charge is 2.22. The summed E-state index contributed by atoms with van der Waals surface area (Å²) in [5.74, 6) is -0.657. The zero-order valence-corrected chi connectivity index (χ0v) is 12.3. The number of benzene rings is 2. The molecule has 1 N–H and O–H groups in total. The van der Waals surface area contributed by atoms with E-state index >= 15 is 0 Å². The van der Waals surface area contributed by atoms with Crippen LogP contribution in [0.3, 0.4) is 0 Å². The summed E-state index contributed by atoms with van der Waals surface area (Å²) in [7, 11) is -1.40. The van der Waals surface area contributed by atoms with Crippen LogP contribution in [0.15, 0.2) is 48.5 Å². The number of hydrogen-bond donors (Lipinski definition) is 1. The van der Waals surface area contributed by atoms with Crippen LogP contribution in [0.2, 0.25) is 0 Å². The van der Waals surface area contributed by atoms with Crippen LogP contribution >= 0.6 is 0 Å². The predicted octanol–water partition coefficient (Wildman–Crippen LogP) is 3.18. The normalized spacial score (nSPS) is 14.1. The van der Waals surface area contributed by atoms with Gasteiger partial charge in [-0.2, -0.15) is 0 Å². The van der Waals surface area contributed by atoms with E-state index in [4.69, 9.17) is 0 Å². The van der Waals surface area contributed by atoms with E-state index in [1.54, 1.807) is 31.2 Å². The summed E-state index contributed by atoms with van der Waals surface area (Å²) >= 11 is 0. The van der Waals surface area contributed by atoms with Crippen molar-refractivity contribution in [2.75, 3.05) is 5.75 Å². The van der Waals surface area contributed by atoms with Crippen molar-refractivity contribution in [1.29, 1.82) is 0 Å². The van der Waals surface area contributed by atoms with E-state index in [2.05, 4.69) is 0 Å². The summed E-state index contributed by atoms with van der Waals surface area (Å²) in [4.78, 5) is 0. The highest BCUT2D eigenvalue weighted by molar-refractivity contribution is 7.85. The van der Waals surface area contributed by atoms with Crippen molar-refractivity contribution in [2.24, 2.45) is 0 Å². The number of aliphatic hydroxyl groups excluding tert-OH is 1. The Labute approximate surface area is 124 Å². The van der Waals surface area contributed by atoms with Gasteiger partial charge in [-0.1, -0.05) is 24.3 Å². The van der Waals surface area contributed by atoms with Crippen molar-refractivity contribution >= 4 is 10.8 Å². The van der Waals surface area contributed by atoms with Gasteiger partial charge in [0.25, 0.3) is 0 Å². The second-order valence-corrected chi connectivity index (χ2v) is 6.45. The molecule has 0 radical (unpaired) electrons. The van der Waals surface area contributed by atoms with Crippen molar-refractivity contribution in [3.8, 4) is 0 Å². The van der Waals surface area contributed by atoms with Gasteiger partial charge >= 0.3 is 0 Å². The molecule has 112 valence electrons. The van der Waals surface area contributed by atoms with E-state index in [0.29, 0.717) is 11.1 Å². The number of rotatable bonds is 5. The Balaban J connectivity index is 2.40. The van der Waals surface area contributed by atoms with Gasteiger partial charge in [-0.3, -0.25) is 4.21 Å². The lowest BCUT2D eigenvalue weighted by molar-refractivity contribution is 0.219. The number of hydrogen-bond acceptors (Lipinski definition) is 2. The zero-order chi connectivity index (χ0) is 15.4. The van der Waals surface area contributed by atoms with Crippen LogP contribution in [-0.2, 0) is 10.8 Å². The zero-order valence-electron chi connectivity index (χ0n) is 11.5. The van der Waals surface area contributed by atoms with Gasteiger partial charge in [0.2, 0.25) is 0 Å². The first-order chi connectivity index (χ1) is 9.97. The van der Waals surface area contributed by atoms with Crippen molar-refractivity contribution in [3.63, 3.8) is 0 Å². The van der Waals surface area contributed by atoms with Crippen LogP contribution < -0.4 is 0 Å². The Bertz CT molecular complexity index is 564. The number of halogens is 2. The maximum Gasteiger partial charge on any atom is 0.123 e. The van der Waals surface area contributed by atoms with E-state index in [0.717, 1.165) is 0 Å². The molecule has 5 heteroatoms. The molecule has 0 heterocycles. The molecule has 2 aromatic rings. The van der Waals surface area contributed by atoms with E-state index < -0.39 is 22.2 Å². The molecule has 0 bridgehead atoms. The molecule has 0 amide bonds. The molecule has 0 aliphatic carbocycles. The van der Waals surface area contributed by atoms with Crippen molar-refractivity contribution in [1.82, 2.24) is 0 Å². The van der Waals surface area contributed by atoms with Gasteiger partial charge < -0.3 is 5.11 Å². The molecule has 0 aromatic heterocycles. The Kier molecular flexibility index (Phi) is 5.20. The molecule has 0 saturated carbocycles. The molecule has 0 aliphatic rings. The first kappa shape index (κ1) is 15.8. The summed E-state index contributed by atoms with van der Waals surface area (Å²) in [5.41, 5.74) is 1.34. The SMILES string of the molecule is C[C@H](O)C[S@](=O)C(c1ccc(F)cc1)c1ccc(F)cc1. The average Bonchev–Trinajstić information content (AvgIpc) is 2.42. The second-order valence-electron chi connectivity index (χ2n) is 4.88. The third-order valence-electron chi connectivity index (χ3n) is 3.01. The molecule has 0 saturated heterocycles. The molecule has 0 fully saturated rings. The van der Waals surface area contributed by atoms with Crippen LogP contribution in [0.5, 0.6) is 0 Å². The third kappa shape index (κ3) is 4.19. The summed E-state index contributed by atoms with van der Waals surface area (Å²) in [5, 5.41) is 8.91. The smallest absolute Gasteiger partial charge is 0.123 e. The first-order valence-electron chi connectivity index (χ1n) is 6.53. The summed E-state index contributed by atoms with van der Waals surface area (Å²) in [6.45, 7) is 1.56. The molecule has 2 nitrogen and oxygen atoms in total. The second kappa shape index (κ2) is 6.91. The van der Waals surface area contributed by atoms with Crippen LogP contribution in [0.1, 0.15) is 23.3 Å². The standard InChI is InChI=1S/C16H16F2O2S/c1-11(19)10-21(20)16(12-2-6-14(17)7-3-12)13-4-8-15(18)9-5-13/h2-9,11,16,19H,10H2,1H3/t11-,21-/m0/s1. The lowest BCUT2D eigenvalue weighted by Gasteiger charge is -2.18. The van der Waals surface area contributed by atoms with Gasteiger partial charge in [0.05, 0.1) is 17.1 Å². The fraction of sp³-hybridized carbons (Fsp3) is 0.250. The molecular formula is C16H16F2O2S. The molecular weight excluding hydrogens is 294 g/mol. The van der Waals surface area contributed by atoms with Crippen LogP contribution in [0, 0.1) is 11.6 Å². The average molecular weight is 310 g/mol. The molecule has 21 heavy (non-hydrogen) atoms. The molecule has 2 rings (SSSR count). The van der Waals surface area contributed by atoms with Gasteiger partial charge in [0.1, 0.15) is 11.6 Å². The number of aliphatic hydroxyl groups is 1. The quantitative estimate of drug-likeness (QED) is 0.921. The highest BCUT2D eigenvalue weighted by Crippen LogP contribution is 2.29. The lowest BCUT2D eigenvalue weighted by Crippen LogP contribution is -2.19. The van der Waals surface area contributed by atoms with Gasteiger partial charge in [0.15, 0.2) is 0 Å². The Morgan fingerprint density at radius 2 is 1.33 bits per heavy atom. The predicted molar refractivity (Wildman–Crippen MR) is 79.3 cm³/mol. The molecule has 0 aliphatic heterocycles. The highest BCUT2D eigenvalue weighted by atomic mass is 32.2. The summed E-state index contributed by atoms with van der Waals surface area (Å²) < 4.78 is 38.6. The third-order valence-corrected chi connectivity index (χ3v) is 4.89. The minimum absolute atomic E-state index is 0.0966. The first-order valence-corrected chi connectivity index (χ1v) is 7.91. The lowest BCUT2D eigenvalue weighted by atomic mass is 10.0. The van der Waals surface area contributed by atoms with Crippen molar-refractivity contribution in [3.05, 3.63) is 71.3 Å². The molecule has 0 unspecified atom stereocenters. The molecule has 2 atom stereocenters. The maximum atomic E-state index is 13.1. The van der Waals surface area contributed by atoms with E-state index in [1.807, 2.05) is 0 Å². The van der Waals surface area contributed by atoms with Crippen LogP contribution in [0.25, 0.3) is 0 Å². The fourth-order valence-electron chi connectivity index (χ4n) is 2.11. The van der Waals surface area contributed by atoms with Crippen LogP contribution in [-0.4, -0.2) is 21.2 Å². The van der Waals surface area contributed by atoms with Gasteiger partial charge in [-0.15, -0.1) is 0 Å². The minimum atomic E-state index is -1.40. The summed E-state index contributed by atoms with van der Waals surface area (Å²) in [6.07, 6.45) is -0.714. The van der Waals surface area contributed by atoms with E-state index in [9.17, 15) is 18.1 Å². The Morgan fingerprint density at radius 1 is 0.952 bits per heavy atom. The van der Waals surface area contributed by atoms with Crippen LogP contribution in [0.4, 0.5) is 8.78 Å². The van der Waals surface area contributed by atoms with Crippen molar-refractivity contribution < 1.29 is 18.1 Å². The summed E-state index contributed by atoms with van der Waals surface area (Å²) in [6, 6.07) is 11.4. The Morgan fingerprint density at radius 3 is 1.67 bits per heavy atom. The van der Waals surface area contributed by atoms with Gasteiger partial charge in [0, 0.05) is 10.8 Å². The monoisotopic (exact) mass is 310 g/mol. The fourth-order valence-corrected chi connectivity index (χ4v) is 3.69. The van der Waals surface area contributed by atoms with E-state index in [1.165, 1.54) is 24.3 Å². The minimum Gasteiger partial charge on any atom is -0.392 e. The van der Waals surface area contributed by atoms with Crippen molar-refractivity contribution in [2.45, 2.75) is 18.3 Å². The largest absolute Gasteiger partial charge is 0.392 e. The molecule has 0 spiro atoms. The maximum absolute atomic E-state index is 13.1. The Hall–Kier alpha value is -1.59. The van der Waals surface area contributed by atoms with Gasteiger partial charge in [-0.05, 0) is 42.3 Å². The topological polar surface area (TPSA) is 37.3 Å².